The number of anilines is 1. The van der Waals surface area contributed by atoms with Crippen molar-refractivity contribution in [1.82, 2.24) is 19.3 Å². The van der Waals surface area contributed by atoms with E-state index in [0.29, 0.717) is 22.2 Å². The number of halogens is 1. The van der Waals surface area contributed by atoms with Gasteiger partial charge in [-0.05, 0) is 37.3 Å². The Bertz CT molecular complexity index is 1370. The molecule has 2 aromatic carbocycles. The number of nitrogen functional groups attached to an aromatic ring is 1. The molecule has 0 amide bonds. The number of hydrogen-bond acceptors (Lipinski definition) is 8. The Labute approximate surface area is 214 Å². The molecule has 4 aromatic rings. The first kappa shape index (κ1) is 25.0. The number of piperidine rings is 1. The molecule has 0 unspecified atom stereocenters. The smallest absolute Gasteiger partial charge is 0.226 e. The van der Waals surface area contributed by atoms with Crippen molar-refractivity contribution in [2.45, 2.75) is 32.3 Å². The lowest BCUT2D eigenvalue weighted by atomic mass is 10.1. The number of fused-ring (bicyclic) bond motifs is 2. The van der Waals surface area contributed by atoms with Crippen LogP contribution in [0.5, 0.6) is 5.88 Å². The van der Waals surface area contributed by atoms with Crippen LogP contribution in [0.25, 0.3) is 21.8 Å². The Morgan fingerprint density at radius 2 is 1.89 bits per heavy atom. The summed E-state index contributed by atoms with van der Waals surface area (Å²) >= 11 is 8.15. The Morgan fingerprint density at radius 3 is 2.60 bits per heavy atom. The van der Waals surface area contributed by atoms with E-state index in [1.165, 1.54) is 6.20 Å². The van der Waals surface area contributed by atoms with Gasteiger partial charge >= 0.3 is 0 Å². The van der Waals surface area contributed by atoms with Gasteiger partial charge in [0.25, 0.3) is 0 Å². The van der Waals surface area contributed by atoms with Gasteiger partial charge in [-0.25, -0.2) is 4.98 Å². The zero-order chi connectivity index (χ0) is 24.8. The number of nitrogens with zero attached hydrogens (tertiary/aromatic N) is 5. The van der Waals surface area contributed by atoms with Crippen LogP contribution in [0.3, 0.4) is 0 Å². The number of nitrogens with two attached hydrogens (primary N) is 1. The van der Waals surface area contributed by atoms with Crippen molar-refractivity contribution in [3.63, 3.8) is 0 Å². The molecule has 0 atom stereocenters. The first-order valence-corrected chi connectivity index (χ1v) is 13.0. The van der Waals surface area contributed by atoms with Crippen molar-refractivity contribution < 1.29 is 4.74 Å². The molecule has 180 valence electrons. The number of rotatable bonds is 4. The summed E-state index contributed by atoms with van der Waals surface area (Å²) in [5.41, 5.74) is 8.38. The summed E-state index contributed by atoms with van der Waals surface area (Å²) in [5.74, 6) is 1.43. The monoisotopic (exact) mass is 506 g/mol. The van der Waals surface area contributed by atoms with Gasteiger partial charge in [0, 0.05) is 31.1 Å². The fourth-order valence-corrected chi connectivity index (χ4v) is 4.77. The minimum atomic E-state index is 0.197. The molecule has 2 aromatic heterocycles. The molecule has 35 heavy (non-hydrogen) atoms. The van der Waals surface area contributed by atoms with Gasteiger partial charge in [0.2, 0.25) is 5.88 Å². The third kappa shape index (κ3) is 5.76. The molecule has 1 fully saturated rings. The third-order valence-corrected chi connectivity index (χ3v) is 7.07. The van der Waals surface area contributed by atoms with E-state index in [-0.39, 0.29) is 6.10 Å². The van der Waals surface area contributed by atoms with E-state index >= 15 is 0 Å². The minimum absolute atomic E-state index is 0.197. The summed E-state index contributed by atoms with van der Waals surface area (Å²) in [6, 6.07) is 15.2. The number of nitriles is 1. The van der Waals surface area contributed by atoms with Crippen LogP contribution in [-0.2, 0) is 6.42 Å². The summed E-state index contributed by atoms with van der Waals surface area (Å²) in [7, 11) is 0. The van der Waals surface area contributed by atoms with Gasteiger partial charge in [0.1, 0.15) is 18.0 Å². The lowest BCUT2D eigenvalue weighted by molar-refractivity contribution is 0.135. The fraction of sp³-hybridized carbons (Fsp3) is 0.308. The van der Waals surface area contributed by atoms with E-state index in [9.17, 15) is 0 Å². The van der Waals surface area contributed by atoms with E-state index < -0.39 is 0 Å². The molecule has 0 aliphatic carbocycles. The average molecular weight is 507 g/mol. The molecule has 1 saturated heterocycles. The highest BCUT2D eigenvalue weighted by Gasteiger charge is 2.22. The Hall–Kier alpha value is -3.12. The lowest BCUT2D eigenvalue weighted by Crippen LogP contribution is -2.34. The second kappa shape index (κ2) is 11.5. The molecule has 0 bridgehead atoms. The van der Waals surface area contributed by atoms with E-state index in [1.54, 1.807) is 11.9 Å². The fourth-order valence-electron chi connectivity index (χ4n) is 3.94. The van der Waals surface area contributed by atoms with Gasteiger partial charge in [-0.2, -0.15) is 10.2 Å². The molecule has 9 heteroatoms. The van der Waals surface area contributed by atoms with Gasteiger partial charge in [-0.1, -0.05) is 54.7 Å². The summed E-state index contributed by atoms with van der Waals surface area (Å²) in [6.45, 7) is 4.14. The SMILES string of the molecule is CCc1nc(OC2CCN(SC)CC2)c2c(Cl)cccc2n1.N#Cc1cnc2ccccc2c1N. The number of benzene rings is 2. The van der Waals surface area contributed by atoms with E-state index in [2.05, 4.69) is 25.5 Å². The quantitative estimate of drug-likeness (QED) is 0.354. The number of para-hydroxylation sites is 1. The number of ether oxygens (including phenoxy) is 1. The molecule has 0 saturated carbocycles. The predicted octanol–water partition coefficient (Wildman–Crippen LogP) is 5.66. The second-order valence-electron chi connectivity index (χ2n) is 8.08. The number of aromatic nitrogens is 3. The van der Waals surface area contributed by atoms with Crippen LogP contribution < -0.4 is 10.5 Å². The normalized spacial score (nSPS) is 14.3. The van der Waals surface area contributed by atoms with Gasteiger partial charge in [0.05, 0.1) is 32.7 Å². The van der Waals surface area contributed by atoms with Gasteiger partial charge in [-0.3, -0.25) is 9.29 Å². The predicted molar refractivity (Wildman–Crippen MR) is 144 cm³/mol. The van der Waals surface area contributed by atoms with E-state index in [4.69, 9.17) is 27.3 Å². The molecule has 2 N–H and O–H groups in total. The standard InChI is InChI=1S/C16H20ClN3OS.C10H7N3/c1-3-14-18-13-6-4-5-12(17)15(13)16(19-14)21-11-7-9-20(22-2)10-8-11;11-5-7-6-13-9-4-2-1-3-8(9)10(7)12/h4-6,11H,3,7-10H2,1-2H3;1-4,6H,(H2,12,13). The van der Waals surface area contributed by atoms with Crippen LogP contribution >= 0.6 is 23.5 Å². The Kier molecular flexibility index (Phi) is 8.24. The zero-order valence-corrected chi connectivity index (χ0v) is 21.3. The van der Waals surface area contributed by atoms with Crippen molar-refractivity contribution in [2.24, 2.45) is 0 Å². The molecule has 0 radical (unpaired) electrons. The maximum atomic E-state index is 8.71. The summed E-state index contributed by atoms with van der Waals surface area (Å²) in [5, 5.41) is 11.0. The van der Waals surface area contributed by atoms with Gasteiger partial charge in [-0.15, -0.1) is 0 Å². The van der Waals surface area contributed by atoms with Crippen molar-refractivity contribution in [2.75, 3.05) is 25.1 Å². The third-order valence-electron chi connectivity index (χ3n) is 5.88. The number of aryl methyl sites for hydroxylation is 1. The van der Waals surface area contributed by atoms with Crippen LogP contribution in [0, 0.1) is 11.3 Å². The molecule has 0 spiro atoms. The van der Waals surface area contributed by atoms with Crippen molar-refractivity contribution >= 4 is 51.0 Å². The largest absolute Gasteiger partial charge is 0.474 e. The molecule has 3 heterocycles. The summed E-state index contributed by atoms with van der Waals surface area (Å²) < 4.78 is 8.58. The molecule has 7 nitrogen and oxygen atoms in total. The maximum Gasteiger partial charge on any atom is 0.226 e. The highest BCUT2D eigenvalue weighted by atomic mass is 35.5. The average Bonchev–Trinajstić information content (AvgIpc) is 2.90. The minimum Gasteiger partial charge on any atom is -0.474 e. The summed E-state index contributed by atoms with van der Waals surface area (Å²) in [6.07, 6.45) is 6.62. The Balaban J connectivity index is 0.000000189. The summed E-state index contributed by atoms with van der Waals surface area (Å²) in [4.78, 5) is 13.2. The van der Waals surface area contributed by atoms with Crippen LogP contribution in [0.4, 0.5) is 5.69 Å². The molecule has 1 aliphatic heterocycles. The molecular weight excluding hydrogens is 480 g/mol. The van der Waals surface area contributed by atoms with Crippen molar-refractivity contribution in [1.29, 1.82) is 5.26 Å². The van der Waals surface area contributed by atoms with Crippen LogP contribution in [0.2, 0.25) is 5.02 Å². The van der Waals surface area contributed by atoms with Crippen molar-refractivity contribution in [3.05, 3.63) is 65.1 Å². The Morgan fingerprint density at radius 1 is 1.14 bits per heavy atom. The first-order valence-electron chi connectivity index (χ1n) is 11.5. The van der Waals surface area contributed by atoms with E-state index in [0.717, 1.165) is 60.0 Å². The molecule has 5 rings (SSSR count). The highest BCUT2D eigenvalue weighted by Crippen LogP contribution is 2.32. The lowest BCUT2D eigenvalue weighted by Gasteiger charge is -2.30. The molecular formula is C26H27ClN6OS. The first-order chi connectivity index (χ1) is 17.0. The zero-order valence-electron chi connectivity index (χ0n) is 19.7. The van der Waals surface area contributed by atoms with E-state index in [1.807, 2.05) is 55.5 Å². The molecule has 1 aliphatic rings. The topological polar surface area (TPSA) is 101 Å². The number of pyridine rings is 1. The van der Waals surface area contributed by atoms with Crippen molar-refractivity contribution in [3.8, 4) is 11.9 Å². The van der Waals surface area contributed by atoms with Gasteiger partial charge in [0.15, 0.2) is 0 Å². The number of hydrogen-bond donors (Lipinski definition) is 1. The second-order valence-corrected chi connectivity index (χ2v) is 9.36. The maximum absolute atomic E-state index is 8.71. The highest BCUT2D eigenvalue weighted by molar-refractivity contribution is 7.96. The van der Waals surface area contributed by atoms with Gasteiger partial charge < -0.3 is 10.5 Å². The van der Waals surface area contributed by atoms with Crippen LogP contribution in [0.15, 0.2) is 48.7 Å². The van der Waals surface area contributed by atoms with Crippen LogP contribution in [0.1, 0.15) is 31.2 Å². The van der Waals surface area contributed by atoms with Crippen LogP contribution in [-0.4, -0.2) is 44.7 Å².